The number of rotatable bonds is 5. The number of aryl methyl sites for hydroxylation is 1. The molecule has 6 nitrogen and oxygen atoms in total. The number of anilines is 2. The largest absolute Gasteiger partial charge is 0.497 e. The first-order valence-corrected chi connectivity index (χ1v) is 7.23. The number of methoxy groups -OCH3 is 1. The molecule has 4 N–H and O–H groups in total. The van der Waals surface area contributed by atoms with Crippen LogP contribution in [0.15, 0.2) is 18.2 Å². The van der Waals surface area contributed by atoms with E-state index in [1.54, 1.807) is 7.11 Å². The van der Waals surface area contributed by atoms with Crippen molar-refractivity contribution in [3.05, 3.63) is 29.5 Å². The van der Waals surface area contributed by atoms with Crippen molar-refractivity contribution in [1.29, 1.82) is 0 Å². The maximum Gasteiger partial charge on any atom is 0.222 e. The van der Waals surface area contributed by atoms with E-state index in [0.717, 1.165) is 11.3 Å². The second-order valence-electron chi connectivity index (χ2n) is 5.26. The van der Waals surface area contributed by atoms with Gasteiger partial charge in [-0.1, -0.05) is 20.8 Å². The molecule has 1 aromatic heterocycles. The normalized spacial score (nSPS) is 10.8. The summed E-state index contributed by atoms with van der Waals surface area (Å²) in [6.07, 6.45) is 0.652. The fourth-order valence-corrected chi connectivity index (χ4v) is 2.19. The van der Waals surface area contributed by atoms with Gasteiger partial charge in [0.2, 0.25) is 5.95 Å². The lowest BCUT2D eigenvalue weighted by molar-refractivity contribution is 0.410. The van der Waals surface area contributed by atoms with Crippen molar-refractivity contribution in [3.8, 4) is 17.2 Å². The summed E-state index contributed by atoms with van der Waals surface area (Å²) < 4.78 is 11.3. The molecule has 2 rings (SSSR count). The molecule has 0 amide bonds. The van der Waals surface area contributed by atoms with E-state index in [4.69, 9.17) is 20.9 Å². The number of benzene rings is 1. The summed E-state index contributed by atoms with van der Waals surface area (Å²) >= 11 is 0. The van der Waals surface area contributed by atoms with Gasteiger partial charge in [0, 0.05) is 5.56 Å². The van der Waals surface area contributed by atoms with Gasteiger partial charge in [-0.05, 0) is 30.5 Å². The van der Waals surface area contributed by atoms with Gasteiger partial charge in [-0.3, -0.25) is 0 Å². The fraction of sp³-hybridized carbons (Fsp3) is 0.375. The number of ether oxygens (including phenoxy) is 2. The number of nitrogens with two attached hydrogens (primary N) is 2. The van der Waals surface area contributed by atoms with E-state index < -0.39 is 0 Å². The highest BCUT2D eigenvalue weighted by molar-refractivity contribution is 5.55. The molecule has 0 saturated heterocycles. The van der Waals surface area contributed by atoms with Crippen LogP contribution in [0.3, 0.4) is 0 Å². The van der Waals surface area contributed by atoms with Crippen molar-refractivity contribution in [2.75, 3.05) is 18.6 Å². The number of hydrogen-bond acceptors (Lipinski definition) is 6. The average molecular weight is 302 g/mol. The lowest BCUT2D eigenvalue weighted by Crippen LogP contribution is -2.07. The summed E-state index contributed by atoms with van der Waals surface area (Å²) in [5, 5.41) is 0. The third kappa shape index (κ3) is 3.21. The number of nitrogen functional groups attached to an aromatic ring is 2. The lowest BCUT2D eigenvalue weighted by Gasteiger charge is -2.17. The van der Waals surface area contributed by atoms with E-state index in [9.17, 15) is 0 Å². The van der Waals surface area contributed by atoms with Gasteiger partial charge < -0.3 is 20.9 Å². The Hall–Kier alpha value is -2.50. The maximum atomic E-state index is 6.02. The summed E-state index contributed by atoms with van der Waals surface area (Å²) in [5.41, 5.74) is 13.3. The molecule has 1 heterocycles. The van der Waals surface area contributed by atoms with Crippen molar-refractivity contribution < 1.29 is 9.47 Å². The third-order valence-electron chi connectivity index (χ3n) is 3.37. The summed E-state index contributed by atoms with van der Waals surface area (Å²) in [4.78, 5) is 8.18. The summed E-state index contributed by atoms with van der Waals surface area (Å²) in [5.74, 6) is 2.63. The number of hydrogen-bond donors (Lipinski definition) is 2. The Morgan fingerprint density at radius 3 is 2.50 bits per heavy atom. The van der Waals surface area contributed by atoms with Gasteiger partial charge in [0.05, 0.1) is 12.8 Å². The molecule has 118 valence electrons. The minimum Gasteiger partial charge on any atom is -0.497 e. The van der Waals surface area contributed by atoms with Crippen LogP contribution in [0.2, 0.25) is 0 Å². The number of aromatic nitrogens is 2. The Bertz CT molecular complexity index is 671. The second kappa shape index (κ2) is 6.51. The molecule has 0 aliphatic rings. The predicted octanol–water partition coefficient (Wildman–Crippen LogP) is 3.13. The molecule has 0 aliphatic heterocycles. The Kier molecular flexibility index (Phi) is 4.70. The van der Waals surface area contributed by atoms with Crippen LogP contribution in [-0.2, 0) is 6.42 Å². The summed E-state index contributed by atoms with van der Waals surface area (Å²) in [6.45, 7) is 6.14. The van der Waals surface area contributed by atoms with Gasteiger partial charge in [-0.15, -0.1) is 0 Å². The molecule has 0 spiro atoms. The smallest absolute Gasteiger partial charge is 0.222 e. The molecular formula is C16H22N4O2. The highest BCUT2D eigenvalue weighted by Gasteiger charge is 2.16. The van der Waals surface area contributed by atoms with E-state index in [2.05, 4.69) is 23.8 Å². The first-order chi connectivity index (χ1) is 10.5. The minimum atomic E-state index is 0.153. The van der Waals surface area contributed by atoms with Gasteiger partial charge in [0.25, 0.3) is 0 Å². The van der Waals surface area contributed by atoms with Crippen LogP contribution < -0.4 is 20.9 Å². The Morgan fingerprint density at radius 2 is 1.91 bits per heavy atom. The Labute approximate surface area is 130 Å². The van der Waals surface area contributed by atoms with Gasteiger partial charge in [0.15, 0.2) is 11.6 Å². The van der Waals surface area contributed by atoms with Crippen LogP contribution >= 0.6 is 0 Å². The quantitative estimate of drug-likeness (QED) is 0.880. The van der Waals surface area contributed by atoms with Crippen LogP contribution in [-0.4, -0.2) is 17.1 Å². The molecule has 0 fully saturated rings. The van der Waals surface area contributed by atoms with Gasteiger partial charge in [0.1, 0.15) is 11.5 Å². The van der Waals surface area contributed by atoms with Crippen molar-refractivity contribution in [3.63, 3.8) is 0 Å². The van der Waals surface area contributed by atoms with Crippen molar-refractivity contribution in [2.24, 2.45) is 0 Å². The summed E-state index contributed by atoms with van der Waals surface area (Å²) in [7, 11) is 1.64. The highest BCUT2D eigenvalue weighted by atomic mass is 16.5. The zero-order valence-corrected chi connectivity index (χ0v) is 13.4. The molecule has 2 aromatic rings. The molecule has 0 bridgehead atoms. The molecule has 22 heavy (non-hydrogen) atoms. The van der Waals surface area contributed by atoms with Crippen LogP contribution in [0.5, 0.6) is 17.2 Å². The van der Waals surface area contributed by atoms with Gasteiger partial charge in [-0.25, -0.2) is 4.98 Å². The highest BCUT2D eigenvalue weighted by Crippen LogP contribution is 2.36. The van der Waals surface area contributed by atoms with Crippen LogP contribution in [0, 0.1) is 0 Å². The zero-order valence-electron chi connectivity index (χ0n) is 13.4. The van der Waals surface area contributed by atoms with Gasteiger partial charge in [-0.2, -0.15) is 4.98 Å². The van der Waals surface area contributed by atoms with Crippen molar-refractivity contribution in [2.45, 2.75) is 33.1 Å². The third-order valence-corrected chi connectivity index (χ3v) is 3.37. The standard InChI is InChI=1S/C16H22N4O2/c1-5-12-14(15(17)20-16(18)19-12)22-13-7-6-10(21-4)8-11(13)9(2)3/h6-9H,5H2,1-4H3,(H4,17,18,19,20). The zero-order chi connectivity index (χ0) is 16.3. The topological polar surface area (TPSA) is 96.3 Å². The fourth-order valence-electron chi connectivity index (χ4n) is 2.19. The molecule has 0 radical (unpaired) electrons. The van der Waals surface area contributed by atoms with E-state index in [0.29, 0.717) is 23.6 Å². The monoisotopic (exact) mass is 302 g/mol. The lowest BCUT2D eigenvalue weighted by atomic mass is 10.0. The molecule has 0 atom stereocenters. The maximum absolute atomic E-state index is 6.02. The SMILES string of the molecule is CCc1nc(N)nc(N)c1Oc1ccc(OC)cc1C(C)C. The summed E-state index contributed by atoms with van der Waals surface area (Å²) in [6, 6.07) is 5.67. The van der Waals surface area contributed by atoms with Crippen LogP contribution in [0.1, 0.15) is 37.9 Å². The first-order valence-electron chi connectivity index (χ1n) is 7.23. The molecule has 0 saturated carbocycles. The second-order valence-corrected chi connectivity index (χ2v) is 5.26. The van der Waals surface area contributed by atoms with Crippen LogP contribution in [0.4, 0.5) is 11.8 Å². The molecule has 0 aliphatic carbocycles. The van der Waals surface area contributed by atoms with Crippen LogP contribution in [0.25, 0.3) is 0 Å². The average Bonchev–Trinajstić information content (AvgIpc) is 2.49. The number of nitrogens with zero attached hydrogens (tertiary/aromatic N) is 2. The Balaban J connectivity index is 2.47. The van der Waals surface area contributed by atoms with Crippen molar-refractivity contribution in [1.82, 2.24) is 9.97 Å². The molecule has 1 aromatic carbocycles. The van der Waals surface area contributed by atoms with Gasteiger partial charge >= 0.3 is 0 Å². The van der Waals surface area contributed by atoms with E-state index in [1.165, 1.54) is 0 Å². The minimum absolute atomic E-state index is 0.153. The Morgan fingerprint density at radius 1 is 1.18 bits per heavy atom. The molecular weight excluding hydrogens is 280 g/mol. The van der Waals surface area contributed by atoms with E-state index >= 15 is 0 Å². The van der Waals surface area contributed by atoms with E-state index in [1.807, 2.05) is 25.1 Å². The first kappa shape index (κ1) is 15.9. The van der Waals surface area contributed by atoms with E-state index in [-0.39, 0.29) is 17.7 Å². The molecule has 6 heteroatoms. The predicted molar refractivity (Wildman–Crippen MR) is 87.4 cm³/mol. The van der Waals surface area contributed by atoms with Crippen molar-refractivity contribution >= 4 is 11.8 Å². The molecule has 0 unspecified atom stereocenters.